The molecule has 1 saturated carbocycles. The summed E-state index contributed by atoms with van der Waals surface area (Å²) >= 11 is 0. The number of aliphatic imine (C=N–C) groups is 1. The van der Waals surface area contributed by atoms with E-state index in [4.69, 9.17) is 17.0 Å². The van der Waals surface area contributed by atoms with E-state index in [1.54, 1.807) is 25.3 Å². The highest BCUT2D eigenvalue weighted by molar-refractivity contribution is 6.08. The summed E-state index contributed by atoms with van der Waals surface area (Å²) in [6, 6.07) is 5.04. The fourth-order valence-corrected chi connectivity index (χ4v) is 5.25. The molecule has 2 N–H and O–H groups in total. The van der Waals surface area contributed by atoms with Gasteiger partial charge in [0.2, 0.25) is 0 Å². The van der Waals surface area contributed by atoms with Gasteiger partial charge in [0.1, 0.15) is 6.54 Å². The standard InChI is InChI=1S/C20H21F3N4O2/c1-25-13-4-3-12-10-18(7-5-14(29-2)6-8-18)20(15(12)9-13)16(28)27(17(24)26-20)11-19(21,22)23/h3-4,9,14H,5-8,10-11H2,2H3,(H2,24,26). The Morgan fingerprint density at radius 3 is 2.66 bits per heavy atom. The van der Waals surface area contributed by atoms with Gasteiger partial charge in [-0.2, -0.15) is 13.2 Å². The van der Waals surface area contributed by atoms with Crippen molar-refractivity contribution in [3.05, 3.63) is 40.7 Å². The van der Waals surface area contributed by atoms with Crippen LogP contribution in [0.4, 0.5) is 18.9 Å². The molecule has 1 unspecified atom stereocenters. The van der Waals surface area contributed by atoms with Gasteiger partial charge in [0, 0.05) is 12.5 Å². The fraction of sp³-hybridized carbons (Fsp3) is 0.550. The van der Waals surface area contributed by atoms with Gasteiger partial charge in [0.15, 0.2) is 17.2 Å². The van der Waals surface area contributed by atoms with Gasteiger partial charge in [0.05, 0.1) is 12.7 Å². The van der Waals surface area contributed by atoms with Gasteiger partial charge < -0.3 is 10.5 Å². The van der Waals surface area contributed by atoms with E-state index in [1.807, 2.05) is 0 Å². The number of nitrogens with zero attached hydrogens (tertiary/aromatic N) is 3. The number of methoxy groups -OCH3 is 1. The SMILES string of the molecule is [C-]#[N+]c1ccc2c(c1)C1(N=C(N)N(CC(F)(F)F)C1=O)C1(CCC(OC)CC1)C2. The number of rotatable bonds is 2. The molecule has 0 bridgehead atoms. The monoisotopic (exact) mass is 406 g/mol. The van der Waals surface area contributed by atoms with E-state index in [0.717, 1.165) is 5.56 Å². The number of fused-ring (bicyclic) bond motifs is 3. The number of nitrogens with two attached hydrogens (primary N) is 1. The molecule has 1 aliphatic heterocycles. The normalized spacial score (nSPS) is 31.3. The summed E-state index contributed by atoms with van der Waals surface area (Å²) in [5, 5.41) is 0. The number of carbonyl (C=O) groups is 1. The fourth-order valence-electron chi connectivity index (χ4n) is 5.25. The molecule has 1 heterocycles. The number of carbonyl (C=O) groups excluding carboxylic acids is 1. The molecule has 29 heavy (non-hydrogen) atoms. The maximum atomic E-state index is 13.5. The molecule has 3 aliphatic rings. The van der Waals surface area contributed by atoms with E-state index >= 15 is 0 Å². The van der Waals surface area contributed by atoms with Gasteiger partial charge in [0.25, 0.3) is 5.91 Å². The second-order valence-electron chi connectivity index (χ2n) is 8.03. The minimum atomic E-state index is -4.60. The smallest absolute Gasteiger partial charge is 0.381 e. The Bertz CT molecular complexity index is 929. The molecule has 1 aromatic carbocycles. The Morgan fingerprint density at radius 1 is 1.38 bits per heavy atom. The number of halogens is 3. The van der Waals surface area contributed by atoms with Gasteiger partial charge in [-0.05, 0) is 43.2 Å². The molecule has 4 rings (SSSR count). The van der Waals surface area contributed by atoms with E-state index in [0.29, 0.717) is 48.3 Å². The molecular formula is C20H21F3N4O2. The molecule has 0 radical (unpaired) electrons. The lowest BCUT2D eigenvalue weighted by Crippen LogP contribution is -2.53. The first-order chi connectivity index (χ1) is 13.7. The largest absolute Gasteiger partial charge is 0.406 e. The third-order valence-corrected chi connectivity index (χ3v) is 6.58. The summed E-state index contributed by atoms with van der Waals surface area (Å²) < 4.78 is 44.8. The topological polar surface area (TPSA) is 72.3 Å². The second-order valence-corrected chi connectivity index (χ2v) is 8.03. The van der Waals surface area contributed by atoms with Crippen molar-refractivity contribution >= 4 is 17.6 Å². The number of hydrogen-bond acceptors (Lipinski definition) is 4. The Kier molecular flexibility index (Phi) is 4.39. The summed E-state index contributed by atoms with van der Waals surface area (Å²) in [6.07, 6.45) is -1.51. The highest BCUT2D eigenvalue weighted by atomic mass is 19.4. The zero-order valence-electron chi connectivity index (χ0n) is 15.9. The van der Waals surface area contributed by atoms with Crippen molar-refractivity contribution in [3.63, 3.8) is 0 Å². The van der Waals surface area contributed by atoms with Crippen molar-refractivity contribution in [2.45, 2.75) is 49.9 Å². The molecule has 154 valence electrons. The Balaban J connectivity index is 1.86. The maximum absolute atomic E-state index is 13.5. The highest BCUT2D eigenvalue weighted by Crippen LogP contribution is 2.62. The van der Waals surface area contributed by atoms with E-state index in [-0.39, 0.29) is 6.10 Å². The average molecular weight is 406 g/mol. The summed E-state index contributed by atoms with van der Waals surface area (Å²) in [4.78, 5) is 21.9. The Morgan fingerprint density at radius 2 is 2.07 bits per heavy atom. The average Bonchev–Trinajstić information content (AvgIpc) is 3.08. The summed E-state index contributed by atoms with van der Waals surface area (Å²) in [6.45, 7) is 5.83. The number of alkyl halides is 3. The molecule has 0 aromatic heterocycles. The van der Waals surface area contributed by atoms with Gasteiger partial charge in [-0.15, -0.1) is 0 Å². The Hall–Kier alpha value is -2.60. The van der Waals surface area contributed by atoms with Crippen molar-refractivity contribution in [1.82, 2.24) is 4.90 Å². The van der Waals surface area contributed by atoms with E-state index < -0.39 is 35.5 Å². The van der Waals surface area contributed by atoms with Crippen LogP contribution in [0.25, 0.3) is 4.85 Å². The Labute approximate surface area is 166 Å². The zero-order chi connectivity index (χ0) is 21.0. The quantitative estimate of drug-likeness (QED) is 0.767. The summed E-state index contributed by atoms with van der Waals surface area (Å²) in [5.74, 6) is -1.16. The third kappa shape index (κ3) is 2.81. The minimum Gasteiger partial charge on any atom is -0.381 e. The predicted molar refractivity (Wildman–Crippen MR) is 99.2 cm³/mol. The van der Waals surface area contributed by atoms with Crippen LogP contribution < -0.4 is 5.73 Å². The lowest BCUT2D eigenvalue weighted by Gasteiger charge is -2.45. The third-order valence-electron chi connectivity index (χ3n) is 6.58. The molecule has 9 heteroatoms. The first-order valence-electron chi connectivity index (χ1n) is 9.43. The molecule has 1 aromatic rings. The van der Waals surface area contributed by atoms with Crippen LogP contribution in [-0.4, -0.2) is 42.7 Å². The van der Waals surface area contributed by atoms with Crippen LogP contribution in [0.2, 0.25) is 0 Å². The van der Waals surface area contributed by atoms with E-state index in [9.17, 15) is 18.0 Å². The number of ether oxygens (including phenoxy) is 1. The van der Waals surface area contributed by atoms with Crippen molar-refractivity contribution in [3.8, 4) is 0 Å². The lowest BCUT2D eigenvalue weighted by atomic mass is 9.61. The van der Waals surface area contributed by atoms with Crippen LogP contribution in [0.1, 0.15) is 36.8 Å². The molecule has 2 spiro atoms. The second kappa shape index (κ2) is 6.46. The lowest BCUT2D eigenvalue weighted by molar-refractivity contribution is -0.158. The number of amides is 1. The summed E-state index contributed by atoms with van der Waals surface area (Å²) in [5.41, 5.74) is 5.36. The van der Waals surface area contributed by atoms with E-state index in [2.05, 4.69) is 9.84 Å². The van der Waals surface area contributed by atoms with Crippen molar-refractivity contribution in [1.29, 1.82) is 0 Å². The van der Waals surface area contributed by atoms with Crippen LogP contribution in [0.3, 0.4) is 0 Å². The predicted octanol–water partition coefficient (Wildman–Crippen LogP) is 3.28. The van der Waals surface area contributed by atoms with Crippen molar-refractivity contribution in [2.75, 3.05) is 13.7 Å². The minimum absolute atomic E-state index is 0.0456. The maximum Gasteiger partial charge on any atom is 0.406 e. The van der Waals surface area contributed by atoms with Crippen LogP contribution in [0.15, 0.2) is 23.2 Å². The van der Waals surface area contributed by atoms with Gasteiger partial charge >= 0.3 is 6.18 Å². The van der Waals surface area contributed by atoms with Crippen LogP contribution in [0.5, 0.6) is 0 Å². The van der Waals surface area contributed by atoms with Gasteiger partial charge in [-0.3, -0.25) is 9.69 Å². The van der Waals surface area contributed by atoms with Crippen molar-refractivity contribution < 1.29 is 22.7 Å². The molecular weight excluding hydrogens is 385 g/mol. The first-order valence-corrected chi connectivity index (χ1v) is 9.43. The number of hydrogen-bond donors (Lipinski definition) is 1. The first kappa shape index (κ1) is 19.7. The van der Waals surface area contributed by atoms with E-state index in [1.165, 1.54) is 0 Å². The molecule has 2 aliphatic carbocycles. The highest BCUT2D eigenvalue weighted by Gasteiger charge is 2.67. The number of guanidine groups is 1. The van der Waals surface area contributed by atoms with Crippen LogP contribution in [-0.2, 0) is 21.5 Å². The molecule has 6 nitrogen and oxygen atoms in total. The molecule has 1 amide bonds. The molecule has 1 atom stereocenters. The summed E-state index contributed by atoms with van der Waals surface area (Å²) in [7, 11) is 1.63. The van der Waals surface area contributed by atoms with Crippen LogP contribution in [0, 0.1) is 12.0 Å². The van der Waals surface area contributed by atoms with Crippen LogP contribution >= 0.6 is 0 Å². The van der Waals surface area contributed by atoms with Gasteiger partial charge in [-0.25, -0.2) is 9.84 Å². The molecule has 0 saturated heterocycles. The molecule has 1 fully saturated rings. The van der Waals surface area contributed by atoms with Crippen molar-refractivity contribution in [2.24, 2.45) is 16.1 Å². The number of benzene rings is 1. The van der Waals surface area contributed by atoms with Gasteiger partial charge in [-0.1, -0.05) is 18.2 Å². The zero-order valence-corrected chi connectivity index (χ0v) is 15.9.